The molecule has 0 saturated heterocycles. The van der Waals surface area contributed by atoms with E-state index in [4.69, 9.17) is 0 Å². The Morgan fingerprint density at radius 3 is 2.33 bits per heavy atom. The Kier molecular flexibility index (Phi) is 4.14. The lowest BCUT2D eigenvalue weighted by Gasteiger charge is -2.33. The highest BCUT2D eigenvalue weighted by molar-refractivity contribution is 7.99. The van der Waals surface area contributed by atoms with E-state index in [9.17, 15) is 0 Å². The Bertz CT molecular complexity index is 828. The topological polar surface area (TPSA) is 3.24 Å². The average Bonchev–Trinajstić information content (AvgIpc) is 2.86. The van der Waals surface area contributed by atoms with Crippen molar-refractivity contribution in [3.8, 4) is 0 Å². The zero-order chi connectivity index (χ0) is 16.4. The summed E-state index contributed by atoms with van der Waals surface area (Å²) in [6, 6.07) is 17.3. The zero-order valence-corrected chi connectivity index (χ0v) is 14.3. The second kappa shape index (κ2) is 6.58. The van der Waals surface area contributed by atoms with Crippen LogP contribution in [0.2, 0.25) is 0 Å². The van der Waals surface area contributed by atoms with Crippen LogP contribution in [0.1, 0.15) is 6.42 Å². The maximum atomic E-state index is 3.87. The number of para-hydroxylation sites is 2. The highest BCUT2D eigenvalue weighted by atomic mass is 32.2. The first-order chi connectivity index (χ1) is 11.8. The Hall–Kier alpha value is -2.45. The van der Waals surface area contributed by atoms with E-state index in [2.05, 4.69) is 84.3 Å². The molecular formula is C22H19NS. The van der Waals surface area contributed by atoms with Crippen molar-refractivity contribution < 1.29 is 0 Å². The number of anilines is 2. The van der Waals surface area contributed by atoms with Crippen LogP contribution in [0.25, 0.3) is 0 Å². The maximum Gasteiger partial charge on any atom is 0.0555 e. The summed E-state index contributed by atoms with van der Waals surface area (Å²) < 4.78 is 0. The lowest BCUT2D eigenvalue weighted by Crippen LogP contribution is -2.23. The molecule has 0 saturated carbocycles. The fourth-order valence-electron chi connectivity index (χ4n) is 3.10. The maximum absolute atomic E-state index is 3.87. The second-order valence-electron chi connectivity index (χ2n) is 5.92. The molecule has 0 radical (unpaired) electrons. The van der Waals surface area contributed by atoms with Crippen molar-refractivity contribution in [3.05, 3.63) is 96.6 Å². The molecule has 2 aromatic carbocycles. The molecule has 0 fully saturated rings. The lowest BCUT2D eigenvalue weighted by molar-refractivity contribution is 0.964. The van der Waals surface area contributed by atoms with E-state index in [1.54, 1.807) is 0 Å². The molecule has 0 bridgehead atoms. The minimum Gasteiger partial charge on any atom is -0.335 e. The van der Waals surface area contributed by atoms with Gasteiger partial charge in [-0.2, -0.15) is 0 Å². The van der Waals surface area contributed by atoms with Crippen molar-refractivity contribution in [2.45, 2.75) is 16.2 Å². The van der Waals surface area contributed by atoms with Crippen LogP contribution in [-0.4, -0.2) is 6.54 Å². The first-order valence-corrected chi connectivity index (χ1v) is 8.99. The summed E-state index contributed by atoms with van der Waals surface area (Å²) in [5.41, 5.74) is 5.18. The molecular weight excluding hydrogens is 310 g/mol. The normalized spacial score (nSPS) is 15.8. The van der Waals surface area contributed by atoms with Gasteiger partial charge in [0.15, 0.2) is 0 Å². The number of benzene rings is 2. The molecule has 0 atom stereocenters. The van der Waals surface area contributed by atoms with Crippen LogP contribution in [0.5, 0.6) is 0 Å². The third-order valence-electron chi connectivity index (χ3n) is 4.35. The highest BCUT2D eigenvalue weighted by Gasteiger charge is 2.23. The van der Waals surface area contributed by atoms with Crippen LogP contribution in [-0.2, 0) is 0 Å². The Morgan fingerprint density at radius 2 is 1.67 bits per heavy atom. The van der Waals surface area contributed by atoms with Gasteiger partial charge in [-0.25, -0.2) is 0 Å². The second-order valence-corrected chi connectivity index (χ2v) is 7.00. The molecule has 0 aromatic heterocycles. The molecule has 1 heterocycles. The van der Waals surface area contributed by atoms with Crippen LogP contribution in [0.15, 0.2) is 106 Å². The summed E-state index contributed by atoms with van der Waals surface area (Å²) >= 11 is 1.86. The Labute approximate surface area is 147 Å². The van der Waals surface area contributed by atoms with Crippen molar-refractivity contribution in [2.24, 2.45) is 0 Å². The molecule has 2 heteroatoms. The molecule has 0 spiro atoms. The summed E-state index contributed by atoms with van der Waals surface area (Å²) in [6.45, 7) is 4.77. The summed E-state index contributed by atoms with van der Waals surface area (Å²) in [6.07, 6.45) is 11.6. The summed E-state index contributed by atoms with van der Waals surface area (Å²) in [7, 11) is 0. The van der Waals surface area contributed by atoms with Gasteiger partial charge in [-0.05, 0) is 41.8 Å². The van der Waals surface area contributed by atoms with Gasteiger partial charge in [0.05, 0.1) is 11.4 Å². The minimum atomic E-state index is 0.903. The van der Waals surface area contributed by atoms with Crippen molar-refractivity contribution in [2.75, 3.05) is 11.4 Å². The van der Waals surface area contributed by atoms with Gasteiger partial charge in [-0.3, -0.25) is 0 Å². The molecule has 4 rings (SSSR count). The van der Waals surface area contributed by atoms with Gasteiger partial charge in [0.2, 0.25) is 0 Å². The average molecular weight is 329 g/mol. The van der Waals surface area contributed by atoms with Crippen molar-refractivity contribution in [1.29, 1.82) is 0 Å². The molecule has 0 amide bonds. The molecule has 2 aromatic rings. The zero-order valence-electron chi connectivity index (χ0n) is 13.5. The molecule has 118 valence electrons. The third-order valence-corrected chi connectivity index (χ3v) is 5.48. The van der Waals surface area contributed by atoms with Gasteiger partial charge < -0.3 is 4.90 Å². The van der Waals surface area contributed by atoms with Crippen LogP contribution >= 0.6 is 11.8 Å². The van der Waals surface area contributed by atoms with Crippen LogP contribution < -0.4 is 4.90 Å². The number of nitrogens with zero attached hydrogens (tertiary/aromatic N) is 1. The molecule has 0 unspecified atom stereocenters. The predicted molar refractivity (Wildman–Crippen MR) is 104 cm³/mol. The SMILES string of the molecule is C=CC1=CCC(CN2c3ccccc3Sc3ccccc32)=CC=C1. The quantitative estimate of drug-likeness (QED) is 0.651. The number of rotatable bonds is 3. The lowest BCUT2D eigenvalue weighted by atomic mass is 10.1. The minimum absolute atomic E-state index is 0.903. The predicted octanol–water partition coefficient (Wildman–Crippen LogP) is 6.29. The van der Waals surface area contributed by atoms with Gasteiger partial charge in [0.1, 0.15) is 0 Å². The van der Waals surface area contributed by atoms with Crippen LogP contribution in [0.4, 0.5) is 11.4 Å². The van der Waals surface area contributed by atoms with Crippen LogP contribution in [0.3, 0.4) is 0 Å². The summed E-state index contributed by atoms with van der Waals surface area (Å²) in [5.74, 6) is 0. The summed E-state index contributed by atoms with van der Waals surface area (Å²) in [4.78, 5) is 5.08. The molecule has 0 N–H and O–H groups in total. The van der Waals surface area contributed by atoms with E-state index in [1.807, 2.05) is 17.8 Å². The fraction of sp³-hybridized carbons (Fsp3) is 0.0909. The monoisotopic (exact) mass is 329 g/mol. The van der Waals surface area contributed by atoms with Crippen LogP contribution in [0, 0.1) is 0 Å². The number of hydrogen-bond donors (Lipinski definition) is 0. The number of allylic oxidation sites excluding steroid dienone is 6. The van der Waals surface area contributed by atoms with Gasteiger partial charge in [0.25, 0.3) is 0 Å². The largest absolute Gasteiger partial charge is 0.335 e. The first kappa shape index (κ1) is 15.1. The van der Waals surface area contributed by atoms with Gasteiger partial charge in [-0.1, -0.05) is 73.0 Å². The van der Waals surface area contributed by atoms with E-state index in [0.717, 1.165) is 13.0 Å². The van der Waals surface area contributed by atoms with E-state index < -0.39 is 0 Å². The van der Waals surface area contributed by atoms with E-state index in [1.165, 1.54) is 32.3 Å². The molecule has 1 aliphatic carbocycles. The van der Waals surface area contributed by atoms with Crippen molar-refractivity contribution in [1.82, 2.24) is 0 Å². The van der Waals surface area contributed by atoms with E-state index >= 15 is 0 Å². The molecule has 24 heavy (non-hydrogen) atoms. The number of hydrogen-bond acceptors (Lipinski definition) is 2. The van der Waals surface area contributed by atoms with Gasteiger partial charge >= 0.3 is 0 Å². The molecule has 2 aliphatic rings. The Morgan fingerprint density at radius 1 is 1.00 bits per heavy atom. The smallest absolute Gasteiger partial charge is 0.0555 e. The number of fused-ring (bicyclic) bond motifs is 2. The van der Waals surface area contributed by atoms with E-state index in [-0.39, 0.29) is 0 Å². The highest BCUT2D eigenvalue weighted by Crippen LogP contribution is 2.48. The van der Waals surface area contributed by atoms with Crippen molar-refractivity contribution in [3.63, 3.8) is 0 Å². The standard InChI is InChI=1S/C22H19NS/c1-2-17-8-7-9-18(15-14-17)16-23-19-10-3-5-12-21(19)24-22-13-6-4-11-20(22)23/h2-14H,1,15-16H2. The first-order valence-electron chi connectivity index (χ1n) is 8.17. The molecule has 1 nitrogen and oxygen atoms in total. The third kappa shape index (κ3) is 2.85. The van der Waals surface area contributed by atoms with Gasteiger partial charge in [0, 0.05) is 16.3 Å². The van der Waals surface area contributed by atoms with Crippen molar-refractivity contribution >= 4 is 23.1 Å². The molecule has 1 aliphatic heterocycles. The van der Waals surface area contributed by atoms with Gasteiger partial charge in [-0.15, -0.1) is 0 Å². The summed E-state index contributed by atoms with van der Waals surface area (Å²) in [5, 5.41) is 0. The fourth-order valence-corrected chi connectivity index (χ4v) is 4.20. The van der Waals surface area contributed by atoms with E-state index in [0.29, 0.717) is 0 Å². The Balaban J connectivity index is 1.71.